The molecular weight excluding hydrogens is 268 g/mol. The van der Waals surface area contributed by atoms with E-state index in [1.165, 1.54) is 17.9 Å². The minimum absolute atomic E-state index is 0.420. The first-order valence-corrected chi connectivity index (χ1v) is 8.08. The number of aromatic nitrogens is 3. The Morgan fingerprint density at radius 3 is 2.95 bits per heavy atom. The van der Waals surface area contributed by atoms with E-state index in [-0.39, 0.29) is 0 Å². The van der Waals surface area contributed by atoms with Crippen LogP contribution in [0.25, 0.3) is 5.82 Å². The average Bonchev–Trinajstić information content (AvgIpc) is 2.92. The molecule has 0 saturated carbocycles. The molecular formula is C15H20N4S. The molecule has 5 heteroatoms. The van der Waals surface area contributed by atoms with E-state index in [0.29, 0.717) is 11.5 Å². The van der Waals surface area contributed by atoms with E-state index in [9.17, 15) is 0 Å². The molecule has 2 aromatic heterocycles. The van der Waals surface area contributed by atoms with Gasteiger partial charge < -0.3 is 5.32 Å². The Morgan fingerprint density at radius 1 is 1.40 bits per heavy atom. The summed E-state index contributed by atoms with van der Waals surface area (Å²) in [7, 11) is 0. The van der Waals surface area contributed by atoms with Crippen LogP contribution < -0.4 is 5.32 Å². The zero-order chi connectivity index (χ0) is 14.0. The fraction of sp³-hybridized carbons (Fsp3) is 0.467. The van der Waals surface area contributed by atoms with Crippen molar-refractivity contribution in [2.75, 3.05) is 16.8 Å². The molecule has 2 aromatic rings. The minimum Gasteiger partial charge on any atom is -0.380 e. The average molecular weight is 288 g/mol. The third-order valence-corrected chi connectivity index (χ3v) is 5.09. The summed E-state index contributed by atoms with van der Waals surface area (Å²) >= 11 is 2.03. The van der Waals surface area contributed by atoms with E-state index in [1.54, 1.807) is 10.9 Å². The third kappa shape index (κ3) is 3.15. The lowest BCUT2D eigenvalue weighted by Gasteiger charge is -2.35. The second-order valence-corrected chi connectivity index (χ2v) is 7.11. The lowest BCUT2D eigenvalue weighted by molar-refractivity contribution is 0.358. The maximum absolute atomic E-state index is 4.45. The maximum atomic E-state index is 4.45. The van der Waals surface area contributed by atoms with Gasteiger partial charge in [-0.05, 0) is 35.8 Å². The highest BCUT2D eigenvalue weighted by Gasteiger charge is 2.28. The molecule has 1 atom stereocenters. The largest absolute Gasteiger partial charge is 0.380 e. The smallest absolute Gasteiger partial charge is 0.153 e. The summed E-state index contributed by atoms with van der Waals surface area (Å²) in [4.78, 5) is 4.45. The summed E-state index contributed by atoms with van der Waals surface area (Å²) in [5.74, 6) is 3.27. The Balaban J connectivity index is 1.66. The summed E-state index contributed by atoms with van der Waals surface area (Å²) in [6.45, 7) is 4.68. The molecule has 1 fully saturated rings. The Hall–Kier alpha value is -1.49. The Kier molecular flexibility index (Phi) is 3.70. The second-order valence-electron chi connectivity index (χ2n) is 6.08. The van der Waals surface area contributed by atoms with Gasteiger partial charge in [0, 0.05) is 24.2 Å². The SMILES string of the molecule is CC1(C)CSCC(Nc2ccc(-n3cccn3)nc2)C1. The van der Waals surface area contributed by atoms with E-state index in [1.807, 2.05) is 36.3 Å². The molecule has 0 aromatic carbocycles. The lowest BCUT2D eigenvalue weighted by atomic mass is 9.88. The topological polar surface area (TPSA) is 42.7 Å². The van der Waals surface area contributed by atoms with Crippen molar-refractivity contribution >= 4 is 17.4 Å². The van der Waals surface area contributed by atoms with Gasteiger partial charge >= 0.3 is 0 Å². The van der Waals surface area contributed by atoms with Gasteiger partial charge in [-0.2, -0.15) is 16.9 Å². The molecule has 0 spiro atoms. The predicted molar refractivity (Wildman–Crippen MR) is 84.5 cm³/mol. The molecule has 0 amide bonds. The fourth-order valence-electron chi connectivity index (χ4n) is 2.60. The quantitative estimate of drug-likeness (QED) is 0.942. The molecule has 1 aliphatic rings. The molecule has 4 nitrogen and oxygen atoms in total. The van der Waals surface area contributed by atoms with Gasteiger partial charge in [-0.3, -0.25) is 0 Å². The van der Waals surface area contributed by atoms with E-state index in [0.717, 1.165) is 11.5 Å². The van der Waals surface area contributed by atoms with Crippen LogP contribution in [-0.2, 0) is 0 Å². The van der Waals surface area contributed by atoms with Gasteiger partial charge in [0.05, 0.1) is 11.9 Å². The van der Waals surface area contributed by atoms with Gasteiger partial charge in [-0.15, -0.1) is 0 Å². The Morgan fingerprint density at radius 2 is 2.30 bits per heavy atom. The maximum Gasteiger partial charge on any atom is 0.153 e. The standard InChI is InChI=1S/C15H20N4S/c1-15(2)8-13(10-20-11-15)18-12-4-5-14(16-9-12)19-7-3-6-17-19/h3-7,9,13,18H,8,10-11H2,1-2H3. The highest BCUT2D eigenvalue weighted by molar-refractivity contribution is 7.99. The van der Waals surface area contributed by atoms with Crippen molar-refractivity contribution in [2.24, 2.45) is 5.41 Å². The van der Waals surface area contributed by atoms with E-state index in [4.69, 9.17) is 0 Å². The van der Waals surface area contributed by atoms with Gasteiger partial charge in [0.15, 0.2) is 5.82 Å². The van der Waals surface area contributed by atoms with Crippen molar-refractivity contribution in [1.82, 2.24) is 14.8 Å². The van der Waals surface area contributed by atoms with Crippen molar-refractivity contribution in [3.63, 3.8) is 0 Å². The van der Waals surface area contributed by atoms with Crippen LogP contribution in [0.4, 0.5) is 5.69 Å². The number of thioether (sulfide) groups is 1. The first kappa shape index (κ1) is 13.5. The number of hydrogen-bond acceptors (Lipinski definition) is 4. The normalized spacial score (nSPS) is 21.6. The second kappa shape index (κ2) is 5.48. The van der Waals surface area contributed by atoms with Crippen molar-refractivity contribution in [1.29, 1.82) is 0 Å². The fourth-order valence-corrected chi connectivity index (χ4v) is 3.88. The molecule has 3 rings (SSSR count). The van der Waals surface area contributed by atoms with Gasteiger partial charge in [0.25, 0.3) is 0 Å². The minimum atomic E-state index is 0.420. The number of pyridine rings is 1. The van der Waals surface area contributed by atoms with Crippen LogP contribution in [0.2, 0.25) is 0 Å². The number of hydrogen-bond donors (Lipinski definition) is 1. The highest BCUT2D eigenvalue weighted by atomic mass is 32.2. The number of rotatable bonds is 3. The molecule has 1 unspecified atom stereocenters. The van der Waals surface area contributed by atoms with Crippen LogP contribution in [0, 0.1) is 5.41 Å². The zero-order valence-corrected chi connectivity index (χ0v) is 12.7. The summed E-state index contributed by atoms with van der Waals surface area (Å²) in [5.41, 5.74) is 1.51. The molecule has 1 saturated heterocycles. The molecule has 0 aliphatic carbocycles. The van der Waals surface area contributed by atoms with Gasteiger partial charge in [0.1, 0.15) is 0 Å². The van der Waals surface area contributed by atoms with Crippen molar-refractivity contribution in [3.05, 3.63) is 36.8 Å². The van der Waals surface area contributed by atoms with Gasteiger partial charge in [-0.1, -0.05) is 13.8 Å². The number of nitrogens with zero attached hydrogens (tertiary/aromatic N) is 3. The van der Waals surface area contributed by atoms with Crippen molar-refractivity contribution < 1.29 is 0 Å². The summed E-state index contributed by atoms with van der Waals surface area (Å²) in [5, 5.41) is 7.78. The monoisotopic (exact) mass is 288 g/mol. The molecule has 0 bridgehead atoms. The number of anilines is 1. The molecule has 0 radical (unpaired) electrons. The van der Waals surface area contributed by atoms with Crippen LogP contribution in [0.1, 0.15) is 20.3 Å². The van der Waals surface area contributed by atoms with E-state index >= 15 is 0 Å². The molecule has 3 heterocycles. The van der Waals surface area contributed by atoms with Crippen LogP contribution in [0.3, 0.4) is 0 Å². The molecule has 106 valence electrons. The third-order valence-electron chi connectivity index (χ3n) is 3.47. The summed E-state index contributed by atoms with van der Waals surface area (Å²) in [6, 6.07) is 6.50. The van der Waals surface area contributed by atoms with Crippen LogP contribution >= 0.6 is 11.8 Å². The van der Waals surface area contributed by atoms with E-state index < -0.39 is 0 Å². The van der Waals surface area contributed by atoms with E-state index in [2.05, 4.69) is 35.3 Å². The molecule has 1 N–H and O–H groups in total. The zero-order valence-electron chi connectivity index (χ0n) is 11.9. The molecule has 1 aliphatic heterocycles. The number of nitrogens with one attached hydrogen (secondary N) is 1. The van der Waals surface area contributed by atoms with Crippen molar-refractivity contribution in [3.8, 4) is 5.82 Å². The van der Waals surface area contributed by atoms with Crippen LogP contribution in [0.15, 0.2) is 36.8 Å². The summed E-state index contributed by atoms with van der Waals surface area (Å²) < 4.78 is 1.77. The Bertz CT molecular complexity index is 548. The first-order chi connectivity index (χ1) is 9.62. The lowest BCUT2D eigenvalue weighted by Crippen LogP contribution is -2.35. The first-order valence-electron chi connectivity index (χ1n) is 6.93. The predicted octanol–water partition coefficient (Wildman–Crippen LogP) is 3.21. The van der Waals surface area contributed by atoms with Crippen LogP contribution in [-0.4, -0.2) is 32.3 Å². The highest BCUT2D eigenvalue weighted by Crippen LogP contribution is 2.34. The van der Waals surface area contributed by atoms with Gasteiger partial charge in [0.2, 0.25) is 0 Å². The van der Waals surface area contributed by atoms with Crippen LogP contribution in [0.5, 0.6) is 0 Å². The van der Waals surface area contributed by atoms with Gasteiger partial charge in [-0.25, -0.2) is 9.67 Å². The molecule has 20 heavy (non-hydrogen) atoms. The van der Waals surface area contributed by atoms with Crippen molar-refractivity contribution in [2.45, 2.75) is 26.3 Å². The summed E-state index contributed by atoms with van der Waals surface area (Å²) in [6.07, 6.45) is 6.76. The Labute approximate surface area is 124 Å².